The maximum absolute atomic E-state index is 7.98. The van der Waals surface area contributed by atoms with Gasteiger partial charge in [0.1, 0.15) is 0 Å². The Hall–Kier alpha value is -0.505. The van der Waals surface area contributed by atoms with Crippen molar-refractivity contribution < 1.29 is 14.8 Å². The zero-order valence-corrected chi connectivity index (χ0v) is 10.5. The molecular formula is C12H16BClO2. The van der Waals surface area contributed by atoms with Crippen molar-refractivity contribution in [1.82, 2.24) is 0 Å². The normalized spacial score (nSPS) is 25.9. The highest BCUT2D eigenvalue weighted by Gasteiger charge is 2.51. The number of halogens is 1. The zero-order valence-electron chi connectivity index (χ0n) is 13.8. The molecule has 0 aliphatic carbocycles. The van der Waals surface area contributed by atoms with Crippen LogP contribution < -0.4 is 5.46 Å². The summed E-state index contributed by atoms with van der Waals surface area (Å²) in [6.45, 7) is 7.45. The van der Waals surface area contributed by atoms with Crippen LogP contribution >= 0.6 is 11.6 Å². The van der Waals surface area contributed by atoms with Gasteiger partial charge in [-0.05, 0) is 45.2 Å². The highest BCUT2D eigenvalue weighted by atomic mass is 35.5. The summed E-state index contributed by atoms with van der Waals surface area (Å²) < 4.78 is 42.9. The summed E-state index contributed by atoms with van der Waals surface area (Å²) >= 11 is 5.89. The molecule has 1 aliphatic heterocycles. The fraction of sp³-hybridized carbons (Fsp3) is 0.500. The minimum atomic E-state index is -0.929. The number of hydrogen-bond acceptors (Lipinski definition) is 2. The molecule has 0 aromatic heterocycles. The van der Waals surface area contributed by atoms with Crippen LogP contribution in [0.3, 0.4) is 0 Å². The first-order chi connectivity index (χ1) is 8.99. The van der Waals surface area contributed by atoms with E-state index >= 15 is 0 Å². The van der Waals surface area contributed by atoms with Crippen LogP contribution in [0.15, 0.2) is 24.2 Å². The van der Waals surface area contributed by atoms with Gasteiger partial charge in [-0.2, -0.15) is 0 Å². The number of benzene rings is 1. The van der Waals surface area contributed by atoms with Crippen molar-refractivity contribution >= 4 is 24.2 Å². The van der Waals surface area contributed by atoms with E-state index in [2.05, 4.69) is 0 Å². The molecule has 0 N–H and O–H groups in total. The second-order valence-electron chi connectivity index (χ2n) is 4.82. The van der Waals surface area contributed by atoms with Gasteiger partial charge in [-0.1, -0.05) is 23.7 Å². The molecule has 1 aromatic carbocycles. The number of hydrogen-bond donors (Lipinski definition) is 0. The molecule has 0 atom stereocenters. The van der Waals surface area contributed by atoms with E-state index in [-0.39, 0.29) is 34.7 Å². The molecule has 1 aromatic rings. The largest absolute Gasteiger partial charge is 0.494 e. The molecule has 0 saturated carbocycles. The third-order valence-corrected chi connectivity index (χ3v) is 3.29. The Bertz CT molecular complexity index is 532. The lowest BCUT2D eigenvalue weighted by molar-refractivity contribution is 0.00578. The lowest BCUT2D eigenvalue weighted by atomic mass is 9.79. The molecule has 1 heterocycles. The molecule has 86 valence electrons. The van der Waals surface area contributed by atoms with E-state index in [0.717, 1.165) is 0 Å². The van der Waals surface area contributed by atoms with Crippen molar-refractivity contribution in [3.05, 3.63) is 29.2 Å². The highest BCUT2D eigenvalue weighted by molar-refractivity contribution is 6.62. The summed E-state index contributed by atoms with van der Waals surface area (Å²) in [5, 5.41) is -0.157. The first kappa shape index (κ1) is 7.75. The van der Waals surface area contributed by atoms with Crippen molar-refractivity contribution in [3.63, 3.8) is 0 Å². The molecule has 0 spiro atoms. The second-order valence-corrected chi connectivity index (χ2v) is 5.19. The molecule has 1 fully saturated rings. The molecule has 1 aliphatic rings. The molecule has 16 heavy (non-hydrogen) atoms. The van der Waals surface area contributed by atoms with Crippen molar-refractivity contribution in [2.24, 2.45) is 0 Å². The van der Waals surface area contributed by atoms with Crippen LogP contribution in [0, 0.1) is 0 Å². The average Bonchev–Trinajstić information content (AvgIpc) is 2.53. The predicted octanol–water partition coefficient (Wildman–Crippen LogP) is 2.64. The van der Waals surface area contributed by atoms with Crippen LogP contribution in [-0.2, 0) is 9.31 Å². The zero-order chi connectivity index (χ0) is 15.5. The van der Waals surface area contributed by atoms with Gasteiger partial charge < -0.3 is 9.31 Å². The Balaban J connectivity index is 2.57. The van der Waals surface area contributed by atoms with Crippen molar-refractivity contribution in [2.45, 2.75) is 38.9 Å². The summed E-state index contributed by atoms with van der Waals surface area (Å²) in [6, 6.07) is -1.07. The topological polar surface area (TPSA) is 18.5 Å². The van der Waals surface area contributed by atoms with E-state index in [9.17, 15) is 0 Å². The van der Waals surface area contributed by atoms with Gasteiger partial charge in [-0.15, -0.1) is 0 Å². The Kier molecular flexibility index (Phi) is 1.82. The molecule has 0 radical (unpaired) electrons. The third kappa shape index (κ3) is 2.00. The predicted molar refractivity (Wildman–Crippen MR) is 67.2 cm³/mol. The van der Waals surface area contributed by atoms with Gasteiger partial charge in [0.25, 0.3) is 0 Å². The summed E-state index contributed by atoms with van der Waals surface area (Å²) in [5.41, 5.74) is -1.11. The fourth-order valence-electron chi connectivity index (χ4n) is 1.41. The Labute approximate surface area is 108 Å². The highest BCUT2D eigenvalue weighted by Crippen LogP contribution is 2.36. The molecule has 2 rings (SSSR count). The van der Waals surface area contributed by atoms with Crippen molar-refractivity contribution in [1.29, 1.82) is 0 Å². The van der Waals surface area contributed by atoms with Crippen LogP contribution in [-0.4, -0.2) is 18.3 Å². The van der Waals surface area contributed by atoms with E-state index in [4.69, 9.17) is 26.4 Å². The molecule has 1 saturated heterocycles. The van der Waals surface area contributed by atoms with Gasteiger partial charge >= 0.3 is 7.12 Å². The standard InChI is InChI=1S/C12H16BClO2/c1-11(2)12(3,4)16-13(15-11)9-6-5-7-10(14)8-9/h5-8H,1-4H3/i5D,6D,7D,8D. The lowest BCUT2D eigenvalue weighted by Crippen LogP contribution is -2.41. The lowest BCUT2D eigenvalue weighted by Gasteiger charge is -2.32. The minimum Gasteiger partial charge on any atom is -0.399 e. The van der Waals surface area contributed by atoms with E-state index in [1.807, 2.05) is 27.7 Å². The fourth-order valence-corrected chi connectivity index (χ4v) is 1.56. The summed E-state index contributed by atoms with van der Waals surface area (Å²) in [7, 11) is -0.929. The first-order valence-corrected chi connectivity index (χ1v) is 5.49. The van der Waals surface area contributed by atoms with E-state index in [1.165, 1.54) is 0 Å². The Morgan fingerprint density at radius 2 is 1.75 bits per heavy atom. The summed E-state index contributed by atoms with van der Waals surface area (Å²) in [4.78, 5) is 0. The van der Waals surface area contributed by atoms with Crippen LogP contribution in [0.4, 0.5) is 0 Å². The number of rotatable bonds is 1. The maximum atomic E-state index is 7.98. The SMILES string of the molecule is [2H]c1c([2H])c(Cl)c([2H])c(B2OC(C)(C)C(C)(C)O2)c1[2H]. The molecular weight excluding hydrogens is 222 g/mol. The third-order valence-electron chi connectivity index (χ3n) is 3.10. The van der Waals surface area contributed by atoms with Crippen LogP contribution in [0.5, 0.6) is 0 Å². The minimum absolute atomic E-state index is 0.106. The van der Waals surface area contributed by atoms with Crippen LogP contribution in [0.1, 0.15) is 33.2 Å². The summed E-state index contributed by atoms with van der Waals surface area (Å²) in [6.07, 6.45) is 0. The van der Waals surface area contributed by atoms with Gasteiger partial charge in [0.05, 0.1) is 16.7 Å². The first-order valence-electron chi connectivity index (χ1n) is 7.11. The molecule has 4 heteroatoms. The van der Waals surface area contributed by atoms with Gasteiger partial charge in [0.15, 0.2) is 0 Å². The monoisotopic (exact) mass is 242 g/mol. The molecule has 0 amide bonds. The quantitative estimate of drug-likeness (QED) is 0.705. The Morgan fingerprint density at radius 1 is 1.19 bits per heavy atom. The van der Waals surface area contributed by atoms with Crippen molar-refractivity contribution in [3.8, 4) is 0 Å². The van der Waals surface area contributed by atoms with E-state index in [1.54, 1.807) is 0 Å². The van der Waals surface area contributed by atoms with Gasteiger partial charge in [0, 0.05) is 5.02 Å². The molecule has 2 nitrogen and oxygen atoms in total. The molecule has 0 bridgehead atoms. The van der Waals surface area contributed by atoms with E-state index < -0.39 is 18.3 Å². The van der Waals surface area contributed by atoms with Crippen LogP contribution in [0.2, 0.25) is 5.02 Å². The van der Waals surface area contributed by atoms with Crippen LogP contribution in [0.25, 0.3) is 0 Å². The maximum Gasteiger partial charge on any atom is 0.494 e. The van der Waals surface area contributed by atoms with Gasteiger partial charge in [-0.25, -0.2) is 0 Å². The van der Waals surface area contributed by atoms with Gasteiger partial charge in [-0.3, -0.25) is 0 Å². The van der Waals surface area contributed by atoms with E-state index in [0.29, 0.717) is 0 Å². The second kappa shape index (κ2) is 3.76. The average molecular weight is 243 g/mol. The van der Waals surface area contributed by atoms with Gasteiger partial charge in [0.2, 0.25) is 0 Å². The molecule has 0 unspecified atom stereocenters. The Morgan fingerprint density at radius 3 is 2.31 bits per heavy atom. The van der Waals surface area contributed by atoms with Crippen molar-refractivity contribution in [2.75, 3.05) is 0 Å². The summed E-state index contributed by atoms with van der Waals surface area (Å²) in [5.74, 6) is 0. The smallest absolute Gasteiger partial charge is 0.399 e.